The normalized spacial score (nSPS) is 13.1. The molecule has 2 amide bonds. The Bertz CT molecular complexity index is 1030. The summed E-state index contributed by atoms with van der Waals surface area (Å²) < 4.78 is 11.4. The summed E-state index contributed by atoms with van der Waals surface area (Å²) in [6, 6.07) is 14.4. The van der Waals surface area contributed by atoms with Crippen LogP contribution in [0, 0.1) is 0 Å². The van der Waals surface area contributed by atoms with E-state index in [-0.39, 0.29) is 11.8 Å². The number of hydrogen-bond acceptors (Lipinski definition) is 3. The van der Waals surface area contributed by atoms with Crippen molar-refractivity contribution in [3.8, 4) is 0 Å². The minimum absolute atomic E-state index is 0.268. The van der Waals surface area contributed by atoms with Crippen molar-refractivity contribution in [2.45, 2.75) is 25.1 Å². The Morgan fingerprint density at radius 2 is 1.93 bits per heavy atom. The number of rotatable bonds is 7. The number of H-pyrrole nitrogens is 1. The first-order chi connectivity index (χ1) is 13.4. The molecule has 7 heteroatoms. The molecule has 0 bridgehead atoms. The first kappa shape index (κ1) is 19.8. The lowest BCUT2D eigenvalue weighted by molar-refractivity contribution is -0.125. The molecule has 0 aliphatic carbocycles. The molecule has 28 heavy (non-hydrogen) atoms. The Kier molecular flexibility index (Phi) is 6.26. The van der Waals surface area contributed by atoms with Gasteiger partial charge < -0.3 is 15.6 Å². The molecule has 3 rings (SSSR count). The van der Waals surface area contributed by atoms with Crippen molar-refractivity contribution in [2.24, 2.45) is 0 Å². The monoisotopic (exact) mass is 397 g/mol. The van der Waals surface area contributed by atoms with Crippen LogP contribution in [-0.2, 0) is 32.6 Å². The Hall–Kier alpha value is -2.93. The Morgan fingerprint density at radius 1 is 1.14 bits per heavy atom. The van der Waals surface area contributed by atoms with Crippen molar-refractivity contribution in [1.82, 2.24) is 10.3 Å². The van der Waals surface area contributed by atoms with Gasteiger partial charge in [0.1, 0.15) is 6.04 Å². The van der Waals surface area contributed by atoms with E-state index in [1.54, 1.807) is 18.4 Å². The number of aromatic nitrogens is 1. The SMILES string of the molecule is CC(=O)NC(Cc1c[nH]c2ccccc12)C(=O)Nc1cccc(CS(C)=O)c1. The van der Waals surface area contributed by atoms with Crippen LogP contribution in [0.15, 0.2) is 54.7 Å². The minimum Gasteiger partial charge on any atom is -0.361 e. The van der Waals surface area contributed by atoms with E-state index in [4.69, 9.17) is 0 Å². The van der Waals surface area contributed by atoms with Gasteiger partial charge in [-0.2, -0.15) is 0 Å². The smallest absolute Gasteiger partial charge is 0.247 e. The van der Waals surface area contributed by atoms with E-state index >= 15 is 0 Å². The Labute approximate surface area is 166 Å². The highest BCUT2D eigenvalue weighted by atomic mass is 32.2. The molecule has 1 aromatic heterocycles. The number of para-hydroxylation sites is 1. The average Bonchev–Trinajstić information content (AvgIpc) is 3.03. The van der Waals surface area contributed by atoms with E-state index in [0.29, 0.717) is 17.9 Å². The molecule has 3 N–H and O–H groups in total. The molecule has 2 unspecified atom stereocenters. The van der Waals surface area contributed by atoms with E-state index in [2.05, 4.69) is 15.6 Å². The number of carbonyl (C=O) groups excluding carboxylic acids is 2. The van der Waals surface area contributed by atoms with Crippen molar-refractivity contribution in [2.75, 3.05) is 11.6 Å². The number of anilines is 1. The molecule has 0 radical (unpaired) electrons. The van der Waals surface area contributed by atoms with Crippen LogP contribution in [0.1, 0.15) is 18.1 Å². The molecule has 0 spiro atoms. The van der Waals surface area contributed by atoms with Crippen LogP contribution in [0.5, 0.6) is 0 Å². The van der Waals surface area contributed by atoms with E-state index in [9.17, 15) is 13.8 Å². The third-order valence-electron chi connectivity index (χ3n) is 4.36. The van der Waals surface area contributed by atoms with Crippen LogP contribution < -0.4 is 10.6 Å². The summed E-state index contributed by atoms with van der Waals surface area (Å²) in [6.07, 6.45) is 3.87. The summed E-state index contributed by atoms with van der Waals surface area (Å²) in [4.78, 5) is 27.7. The summed E-state index contributed by atoms with van der Waals surface area (Å²) in [5.41, 5.74) is 3.44. The van der Waals surface area contributed by atoms with Gasteiger partial charge >= 0.3 is 0 Å². The van der Waals surface area contributed by atoms with Crippen LogP contribution in [-0.4, -0.2) is 33.3 Å². The first-order valence-electron chi connectivity index (χ1n) is 8.94. The van der Waals surface area contributed by atoms with Crippen molar-refractivity contribution < 1.29 is 13.8 Å². The number of aromatic amines is 1. The highest BCUT2D eigenvalue weighted by Crippen LogP contribution is 2.20. The van der Waals surface area contributed by atoms with Crippen molar-refractivity contribution in [3.05, 3.63) is 65.9 Å². The predicted molar refractivity (Wildman–Crippen MR) is 112 cm³/mol. The standard InChI is InChI=1S/C21H23N3O3S/c1-14(25)23-20(11-16-12-22-19-9-4-3-8-18(16)19)21(26)24-17-7-5-6-15(10-17)13-28(2)27/h3-10,12,20,22H,11,13H2,1-2H3,(H,23,25)(H,24,26). The lowest BCUT2D eigenvalue weighted by Gasteiger charge is -2.18. The van der Waals surface area contributed by atoms with Gasteiger partial charge in [0.25, 0.3) is 0 Å². The van der Waals surface area contributed by atoms with Gasteiger partial charge in [0, 0.05) is 58.9 Å². The third kappa shape index (κ3) is 5.07. The molecule has 0 fully saturated rings. The van der Waals surface area contributed by atoms with E-state index in [1.165, 1.54) is 6.92 Å². The van der Waals surface area contributed by atoms with Crippen LogP contribution in [0.3, 0.4) is 0 Å². The molecule has 146 valence electrons. The summed E-state index contributed by atoms with van der Waals surface area (Å²) >= 11 is 0. The maximum atomic E-state index is 12.8. The molecule has 0 saturated heterocycles. The molecule has 3 aromatic rings. The summed E-state index contributed by atoms with van der Waals surface area (Å²) in [7, 11) is -0.963. The predicted octanol–water partition coefficient (Wildman–Crippen LogP) is 2.73. The molecule has 1 heterocycles. The summed E-state index contributed by atoms with van der Waals surface area (Å²) in [5.74, 6) is -0.140. The fourth-order valence-electron chi connectivity index (χ4n) is 3.18. The van der Waals surface area contributed by atoms with Gasteiger partial charge in [0.2, 0.25) is 11.8 Å². The van der Waals surface area contributed by atoms with Crippen LogP contribution >= 0.6 is 0 Å². The second-order valence-electron chi connectivity index (χ2n) is 6.72. The van der Waals surface area contributed by atoms with Gasteiger partial charge in [0.05, 0.1) is 0 Å². The van der Waals surface area contributed by atoms with Gasteiger partial charge in [-0.3, -0.25) is 13.8 Å². The van der Waals surface area contributed by atoms with Crippen molar-refractivity contribution in [1.29, 1.82) is 0 Å². The first-order valence-corrected chi connectivity index (χ1v) is 10.7. The summed E-state index contributed by atoms with van der Waals surface area (Å²) in [5, 5.41) is 6.62. The Balaban J connectivity index is 1.78. The zero-order valence-electron chi connectivity index (χ0n) is 15.8. The maximum Gasteiger partial charge on any atom is 0.247 e. The van der Waals surface area contributed by atoms with Gasteiger partial charge in [-0.25, -0.2) is 0 Å². The van der Waals surface area contributed by atoms with Crippen LogP contribution in [0.4, 0.5) is 5.69 Å². The van der Waals surface area contributed by atoms with Gasteiger partial charge in [0.15, 0.2) is 0 Å². The van der Waals surface area contributed by atoms with Crippen LogP contribution in [0.25, 0.3) is 10.9 Å². The average molecular weight is 398 g/mol. The second kappa shape index (κ2) is 8.84. The number of hydrogen-bond donors (Lipinski definition) is 3. The van der Waals surface area contributed by atoms with Crippen LogP contribution in [0.2, 0.25) is 0 Å². The number of benzene rings is 2. The maximum absolute atomic E-state index is 12.8. The van der Waals surface area contributed by atoms with Crippen molar-refractivity contribution in [3.63, 3.8) is 0 Å². The minimum atomic E-state index is -0.963. The molecular formula is C21H23N3O3S. The quantitative estimate of drug-likeness (QED) is 0.572. The third-order valence-corrected chi connectivity index (χ3v) is 5.10. The molecular weight excluding hydrogens is 374 g/mol. The fourth-order valence-corrected chi connectivity index (χ4v) is 3.83. The number of carbonyl (C=O) groups is 2. The molecule has 2 atom stereocenters. The number of amides is 2. The lowest BCUT2D eigenvalue weighted by Crippen LogP contribution is -2.44. The molecule has 0 aliphatic rings. The largest absolute Gasteiger partial charge is 0.361 e. The van der Waals surface area contributed by atoms with Gasteiger partial charge in [-0.05, 0) is 29.3 Å². The van der Waals surface area contributed by atoms with E-state index in [0.717, 1.165) is 22.0 Å². The zero-order valence-corrected chi connectivity index (χ0v) is 16.6. The number of fused-ring (bicyclic) bond motifs is 1. The highest BCUT2D eigenvalue weighted by Gasteiger charge is 2.21. The van der Waals surface area contributed by atoms with E-state index < -0.39 is 16.8 Å². The molecule has 6 nitrogen and oxygen atoms in total. The van der Waals surface area contributed by atoms with E-state index in [1.807, 2.05) is 42.6 Å². The van der Waals surface area contributed by atoms with Gasteiger partial charge in [-0.1, -0.05) is 30.3 Å². The molecule has 0 saturated carbocycles. The topological polar surface area (TPSA) is 91.1 Å². The zero-order chi connectivity index (χ0) is 20.1. The fraction of sp³-hybridized carbons (Fsp3) is 0.238. The lowest BCUT2D eigenvalue weighted by atomic mass is 10.0. The highest BCUT2D eigenvalue weighted by molar-refractivity contribution is 7.83. The second-order valence-corrected chi connectivity index (χ2v) is 8.16. The van der Waals surface area contributed by atoms with Gasteiger partial charge in [-0.15, -0.1) is 0 Å². The number of nitrogens with one attached hydrogen (secondary N) is 3. The Morgan fingerprint density at radius 3 is 2.68 bits per heavy atom. The van der Waals surface area contributed by atoms with Crippen molar-refractivity contribution >= 4 is 39.2 Å². The molecule has 2 aromatic carbocycles. The summed E-state index contributed by atoms with van der Waals surface area (Å²) in [6.45, 7) is 1.40. The molecule has 0 aliphatic heterocycles.